The summed E-state index contributed by atoms with van der Waals surface area (Å²) in [5.41, 5.74) is 0.643. The Kier molecular flexibility index (Phi) is 3.60. The van der Waals surface area contributed by atoms with E-state index in [0.29, 0.717) is 11.4 Å². The zero-order valence-electron chi connectivity index (χ0n) is 9.19. The molecule has 82 valence electrons. The van der Waals surface area contributed by atoms with E-state index in [2.05, 4.69) is 9.97 Å². The number of hydrogen-bond acceptors (Lipinski definition) is 4. The van der Waals surface area contributed by atoms with E-state index in [9.17, 15) is 4.79 Å². The SMILES string of the molecule is CCc1ncc(CC(=O)O)c(N(C)C)n1. The predicted molar refractivity (Wildman–Crippen MR) is 57.1 cm³/mol. The second-order valence-corrected chi connectivity index (χ2v) is 3.45. The van der Waals surface area contributed by atoms with Crippen LogP contribution in [-0.4, -0.2) is 35.1 Å². The van der Waals surface area contributed by atoms with Gasteiger partial charge in [-0.1, -0.05) is 6.92 Å². The molecule has 5 heteroatoms. The van der Waals surface area contributed by atoms with Gasteiger partial charge in [-0.15, -0.1) is 0 Å². The molecule has 1 aromatic heterocycles. The summed E-state index contributed by atoms with van der Waals surface area (Å²) in [6.45, 7) is 1.96. The predicted octanol–water partition coefficient (Wildman–Crippen LogP) is 0.732. The number of hydrogen-bond donors (Lipinski definition) is 1. The molecule has 0 aliphatic heterocycles. The summed E-state index contributed by atoms with van der Waals surface area (Å²) in [6, 6.07) is 0. The van der Waals surface area contributed by atoms with E-state index >= 15 is 0 Å². The first-order valence-electron chi connectivity index (χ1n) is 4.78. The third-order valence-electron chi connectivity index (χ3n) is 1.97. The Balaban J connectivity index is 3.09. The summed E-state index contributed by atoms with van der Waals surface area (Å²) in [4.78, 5) is 20.8. The van der Waals surface area contributed by atoms with Gasteiger partial charge >= 0.3 is 5.97 Å². The Bertz CT molecular complexity index is 364. The Morgan fingerprint density at radius 2 is 2.20 bits per heavy atom. The highest BCUT2D eigenvalue weighted by Crippen LogP contribution is 2.15. The summed E-state index contributed by atoms with van der Waals surface area (Å²) in [6.07, 6.45) is 2.29. The van der Waals surface area contributed by atoms with Gasteiger partial charge in [0.15, 0.2) is 0 Å². The first-order valence-corrected chi connectivity index (χ1v) is 4.78. The maximum atomic E-state index is 10.6. The summed E-state index contributed by atoms with van der Waals surface area (Å²) >= 11 is 0. The zero-order chi connectivity index (χ0) is 11.4. The number of carboxylic acid groups (broad SMARTS) is 1. The second-order valence-electron chi connectivity index (χ2n) is 3.45. The van der Waals surface area contributed by atoms with Crippen LogP contribution in [0.2, 0.25) is 0 Å². The maximum absolute atomic E-state index is 10.6. The van der Waals surface area contributed by atoms with Crippen molar-refractivity contribution in [3.05, 3.63) is 17.6 Å². The number of anilines is 1. The molecular formula is C10H15N3O2. The third kappa shape index (κ3) is 2.90. The number of aliphatic carboxylic acids is 1. The number of aromatic nitrogens is 2. The molecule has 0 aliphatic carbocycles. The average molecular weight is 209 g/mol. The molecule has 1 N–H and O–H groups in total. The molecule has 0 amide bonds. The lowest BCUT2D eigenvalue weighted by Crippen LogP contribution is -2.16. The number of rotatable bonds is 4. The van der Waals surface area contributed by atoms with Crippen molar-refractivity contribution in [2.24, 2.45) is 0 Å². The van der Waals surface area contributed by atoms with Crippen molar-refractivity contribution in [3.63, 3.8) is 0 Å². The normalized spacial score (nSPS) is 10.1. The number of nitrogens with zero attached hydrogens (tertiary/aromatic N) is 3. The standard InChI is InChI=1S/C10H15N3O2/c1-4-8-11-6-7(5-9(14)15)10(12-8)13(2)3/h6H,4-5H2,1-3H3,(H,14,15). The van der Waals surface area contributed by atoms with Gasteiger partial charge in [0.25, 0.3) is 0 Å². The fourth-order valence-corrected chi connectivity index (χ4v) is 1.28. The molecule has 0 radical (unpaired) electrons. The van der Waals surface area contributed by atoms with Crippen molar-refractivity contribution in [1.82, 2.24) is 9.97 Å². The minimum atomic E-state index is -0.869. The lowest BCUT2D eigenvalue weighted by molar-refractivity contribution is -0.136. The third-order valence-corrected chi connectivity index (χ3v) is 1.97. The molecule has 1 rings (SSSR count). The fourth-order valence-electron chi connectivity index (χ4n) is 1.28. The minimum absolute atomic E-state index is 0.0441. The quantitative estimate of drug-likeness (QED) is 0.792. The highest BCUT2D eigenvalue weighted by Gasteiger charge is 2.11. The Morgan fingerprint density at radius 1 is 1.53 bits per heavy atom. The van der Waals surface area contributed by atoms with Crippen molar-refractivity contribution in [3.8, 4) is 0 Å². The van der Waals surface area contributed by atoms with Crippen molar-refractivity contribution >= 4 is 11.8 Å². The van der Waals surface area contributed by atoms with Crippen LogP contribution in [0.4, 0.5) is 5.82 Å². The molecule has 0 saturated carbocycles. The van der Waals surface area contributed by atoms with Crippen LogP contribution in [0.15, 0.2) is 6.20 Å². The monoisotopic (exact) mass is 209 g/mol. The second kappa shape index (κ2) is 4.72. The van der Waals surface area contributed by atoms with Crippen LogP contribution >= 0.6 is 0 Å². The number of carbonyl (C=O) groups is 1. The van der Waals surface area contributed by atoms with Crippen molar-refractivity contribution in [2.75, 3.05) is 19.0 Å². The highest BCUT2D eigenvalue weighted by atomic mass is 16.4. The molecular weight excluding hydrogens is 194 g/mol. The van der Waals surface area contributed by atoms with E-state index in [1.54, 1.807) is 11.1 Å². The Hall–Kier alpha value is -1.65. The Morgan fingerprint density at radius 3 is 2.67 bits per heavy atom. The van der Waals surface area contributed by atoms with Crippen LogP contribution in [-0.2, 0) is 17.6 Å². The van der Waals surface area contributed by atoms with E-state index < -0.39 is 5.97 Å². The van der Waals surface area contributed by atoms with Crippen LogP contribution in [0.25, 0.3) is 0 Å². The van der Waals surface area contributed by atoms with Crippen LogP contribution < -0.4 is 4.90 Å². The lowest BCUT2D eigenvalue weighted by Gasteiger charge is -2.15. The summed E-state index contributed by atoms with van der Waals surface area (Å²) in [7, 11) is 3.68. The molecule has 0 aromatic carbocycles. The highest BCUT2D eigenvalue weighted by molar-refractivity contribution is 5.72. The van der Waals surface area contributed by atoms with E-state index in [-0.39, 0.29) is 6.42 Å². The largest absolute Gasteiger partial charge is 0.481 e. The number of aryl methyl sites for hydroxylation is 1. The van der Waals surface area contributed by atoms with Gasteiger partial charge in [-0.3, -0.25) is 4.79 Å². The smallest absolute Gasteiger partial charge is 0.308 e. The minimum Gasteiger partial charge on any atom is -0.481 e. The van der Waals surface area contributed by atoms with Crippen molar-refractivity contribution in [2.45, 2.75) is 19.8 Å². The Labute approximate surface area is 88.8 Å². The van der Waals surface area contributed by atoms with Gasteiger partial charge in [0.2, 0.25) is 0 Å². The average Bonchev–Trinajstić information content (AvgIpc) is 2.17. The van der Waals surface area contributed by atoms with Gasteiger partial charge in [-0.05, 0) is 0 Å². The van der Waals surface area contributed by atoms with Crippen LogP contribution in [0, 0.1) is 0 Å². The van der Waals surface area contributed by atoms with E-state index in [0.717, 1.165) is 12.2 Å². The van der Waals surface area contributed by atoms with Gasteiger partial charge in [-0.25, -0.2) is 9.97 Å². The molecule has 0 fully saturated rings. The summed E-state index contributed by atoms with van der Waals surface area (Å²) in [5, 5.41) is 8.73. The van der Waals surface area contributed by atoms with Gasteiger partial charge in [0, 0.05) is 32.3 Å². The molecule has 1 heterocycles. The van der Waals surface area contributed by atoms with Gasteiger partial charge in [-0.2, -0.15) is 0 Å². The molecule has 0 atom stereocenters. The molecule has 5 nitrogen and oxygen atoms in total. The molecule has 1 aromatic rings. The molecule has 0 aliphatic rings. The van der Waals surface area contributed by atoms with Crippen LogP contribution in [0.1, 0.15) is 18.3 Å². The molecule has 0 unspecified atom stereocenters. The molecule has 0 bridgehead atoms. The van der Waals surface area contributed by atoms with Gasteiger partial charge in [0.05, 0.1) is 6.42 Å². The zero-order valence-corrected chi connectivity index (χ0v) is 9.19. The van der Waals surface area contributed by atoms with Gasteiger partial charge < -0.3 is 10.0 Å². The van der Waals surface area contributed by atoms with Crippen LogP contribution in [0.3, 0.4) is 0 Å². The van der Waals surface area contributed by atoms with E-state index in [1.807, 2.05) is 21.0 Å². The van der Waals surface area contributed by atoms with E-state index in [4.69, 9.17) is 5.11 Å². The molecule has 0 spiro atoms. The number of carboxylic acids is 1. The van der Waals surface area contributed by atoms with E-state index in [1.165, 1.54) is 0 Å². The topological polar surface area (TPSA) is 66.3 Å². The first-order chi connectivity index (χ1) is 7.04. The lowest BCUT2D eigenvalue weighted by atomic mass is 10.2. The fraction of sp³-hybridized carbons (Fsp3) is 0.500. The van der Waals surface area contributed by atoms with Crippen LogP contribution in [0.5, 0.6) is 0 Å². The van der Waals surface area contributed by atoms with Crippen molar-refractivity contribution in [1.29, 1.82) is 0 Å². The maximum Gasteiger partial charge on any atom is 0.308 e. The first kappa shape index (κ1) is 11.4. The summed E-state index contributed by atoms with van der Waals surface area (Å²) < 4.78 is 0. The summed E-state index contributed by atoms with van der Waals surface area (Å²) in [5.74, 6) is 0.544. The molecule has 15 heavy (non-hydrogen) atoms. The van der Waals surface area contributed by atoms with Crippen molar-refractivity contribution < 1.29 is 9.90 Å². The van der Waals surface area contributed by atoms with Gasteiger partial charge in [0.1, 0.15) is 11.6 Å². The molecule has 0 saturated heterocycles.